The summed E-state index contributed by atoms with van der Waals surface area (Å²) in [6.45, 7) is 0.531. The number of nitrogens with zero attached hydrogens (tertiary/aromatic N) is 3. The molecule has 0 radical (unpaired) electrons. The summed E-state index contributed by atoms with van der Waals surface area (Å²) in [5, 5.41) is 0.491. The molecule has 1 saturated heterocycles. The van der Waals surface area contributed by atoms with E-state index in [1.165, 1.54) is 9.21 Å². The molecule has 1 N–H and O–H groups in total. The summed E-state index contributed by atoms with van der Waals surface area (Å²) in [6.07, 6.45) is 0.571. The quantitative estimate of drug-likeness (QED) is 0.703. The minimum absolute atomic E-state index is 0.116. The van der Waals surface area contributed by atoms with Gasteiger partial charge in [0, 0.05) is 19.2 Å². The standard InChI is InChI=1S/C20H20N4O4S/c1-23(13-18-21-17-9-3-2-8-16(17)19(25)22-18)20(26)14-6-4-7-15(12-14)24-10-5-11-29(24,27)28/h2-4,6-9,12H,5,10-11,13H2,1H3,(H,21,22,25). The summed E-state index contributed by atoms with van der Waals surface area (Å²) >= 11 is 0. The van der Waals surface area contributed by atoms with Gasteiger partial charge in [0.15, 0.2) is 0 Å². The third-order valence-electron chi connectivity index (χ3n) is 4.88. The Labute approximate surface area is 167 Å². The second kappa shape index (κ2) is 7.32. The first-order valence-corrected chi connectivity index (χ1v) is 10.8. The number of amides is 1. The van der Waals surface area contributed by atoms with Crippen LogP contribution >= 0.6 is 0 Å². The number of carbonyl (C=O) groups is 1. The number of sulfonamides is 1. The van der Waals surface area contributed by atoms with E-state index in [1.54, 1.807) is 55.6 Å². The second-order valence-corrected chi connectivity index (χ2v) is 9.00. The number of carbonyl (C=O) groups excluding carboxylic acids is 1. The third-order valence-corrected chi connectivity index (χ3v) is 6.75. The predicted molar refractivity (Wildman–Crippen MR) is 110 cm³/mol. The second-order valence-electron chi connectivity index (χ2n) is 6.98. The van der Waals surface area contributed by atoms with Crippen molar-refractivity contribution in [3.05, 3.63) is 70.3 Å². The van der Waals surface area contributed by atoms with Gasteiger partial charge in [-0.05, 0) is 36.8 Å². The summed E-state index contributed by atoms with van der Waals surface area (Å²) in [6, 6.07) is 13.6. The van der Waals surface area contributed by atoms with Crippen molar-refractivity contribution in [1.82, 2.24) is 14.9 Å². The molecule has 9 heteroatoms. The van der Waals surface area contributed by atoms with Crippen molar-refractivity contribution < 1.29 is 13.2 Å². The molecule has 150 valence electrons. The molecule has 0 unspecified atom stereocenters. The molecule has 3 aromatic rings. The Hall–Kier alpha value is -3.20. The van der Waals surface area contributed by atoms with Gasteiger partial charge in [-0.25, -0.2) is 13.4 Å². The fourth-order valence-corrected chi connectivity index (χ4v) is 5.01. The number of rotatable bonds is 4. The zero-order chi connectivity index (χ0) is 20.6. The largest absolute Gasteiger partial charge is 0.334 e. The van der Waals surface area contributed by atoms with Crippen molar-refractivity contribution >= 4 is 32.5 Å². The Bertz CT molecular complexity index is 1250. The van der Waals surface area contributed by atoms with E-state index in [9.17, 15) is 18.0 Å². The van der Waals surface area contributed by atoms with E-state index >= 15 is 0 Å². The Morgan fingerprint density at radius 1 is 1.21 bits per heavy atom. The molecule has 0 saturated carbocycles. The van der Waals surface area contributed by atoms with Gasteiger partial charge in [0.2, 0.25) is 10.0 Å². The summed E-state index contributed by atoms with van der Waals surface area (Å²) in [5.41, 5.74) is 1.16. The number of aromatic nitrogens is 2. The SMILES string of the molecule is CN(Cc1nc2ccccc2c(=O)[nH]1)C(=O)c1cccc(N2CCCS2(=O)=O)c1. The number of hydrogen-bond acceptors (Lipinski definition) is 5. The Balaban J connectivity index is 1.57. The molecule has 2 aromatic carbocycles. The van der Waals surface area contributed by atoms with Crippen LogP contribution in [-0.4, -0.2) is 48.5 Å². The number of benzene rings is 2. The Morgan fingerprint density at radius 2 is 2.00 bits per heavy atom. The third kappa shape index (κ3) is 3.73. The molecular weight excluding hydrogens is 392 g/mol. The monoisotopic (exact) mass is 412 g/mol. The highest BCUT2D eigenvalue weighted by Crippen LogP contribution is 2.25. The maximum Gasteiger partial charge on any atom is 0.258 e. The number of para-hydroxylation sites is 1. The van der Waals surface area contributed by atoms with E-state index in [1.807, 2.05) is 0 Å². The van der Waals surface area contributed by atoms with Gasteiger partial charge in [-0.1, -0.05) is 18.2 Å². The Kier molecular flexibility index (Phi) is 4.83. The molecule has 1 aromatic heterocycles. The highest BCUT2D eigenvalue weighted by atomic mass is 32.2. The molecule has 1 amide bonds. The molecule has 0 spiro atoms. The lowest BCUT2D eigenvalue weighted by Crippen LogP contribution is -2.29. The highest BCUT2D eigenvalue weighted by Gasteiger charge is 2.29. The zero-order valence-electron chi connectivity index (χ0n) is 15.8. The van der Waals surface area contributed by atoms with Crippen LogP contribution in [0.3, 0.4) is 0 Å². The summed E-state index contributed by atoms with van der Waals surface area (Å²) in [5.74, 6) is 0.202. The van der Waals surface area contributed by atoms with E-state index in [0.29, 0.717) is 40.9 Å². The molecular formula is C20H20N4O4S. The molecule has 1 aliphatic heterocycles. The van der Waals surface area contributed by atoms with Crippen molar-refractivity contribution in [3.8, 4) is 0 Å². The molecule has 0 bridgehead atoms. The van der Waals surface area contributed by atoms with Crippen LogP contribution in [0.1, 0.15) is 22.6 Å². The van der Waals surface area contributed by atoms with Gasteiger partial charge in [-0.3, -0.25) is 13.9 Å². The smallest absolute Gasteiger partial charge is 0.258 e. The van der Waals surface area contributed by atoms with Crippen molar-refractivity contribution in [2.24, 2.45) is 0 Å². The van der Waals surface area contributed by atoms with E-state index in [4.69, 9.17) is 0 Å². The minimum Gasteiger partial charge on any atom is -0.334 e. The maximum atomic E-state index is 12.9. The molecule has 0 aliphatic carbocycles. The van der Waals surface area contributed by atoms with Crippen LogP contribution in [0, 0.1) is 0 Å². The number of anilines is 1. The van der Waals surface area contributed by atoms with Crippen LogP contribution in [0.2, 0.25) is 0 Å². The van der Waals surface area contributed by atoms with Crippen LogP contribution in [-0.2, 0) is 16.6 Å². The van der Waals surface area contributed by atoms with Crippen LogP contribution in [0.5, 0.6) is 0 Å². The van der Waals surface area contributed by atoms with Crippen LogP contribution in [0.15, 0.2) is 53.3 Å². The molecule has 4 rings (SSSR count). The topological polar surface area (TPSA) is 103 Å². The van der Waals surface area contributed by atoms with Gasteiger partial charge in [0.05, 0.1) is 28.9 Å². The number of H-pyrrole nitrogens is 1. The number of nitrogens with one attached hydrogen (secondary N) is 1. The first-order valence-electron chi connectivity index (χ1n) is 9.19. The van der Waals surface area contributed by atoms with Crippen LogP contribution in [0.4, 0.5) is 5.69 Å². The van der Waals surface area contributed by atoms with Crippen molar-refractivity contribution in [1.29, 1.82) is 0 Å². The van der Waals surface area contributed by atoms with Crippen LogP contribution in [0.25, 0.3) is 10.9 Å². The van der Waals surface area contributed by atoms with Crippen LogP contribution < -0.4 is 9.86 Å². The maximum absolute atomic E-state index is 12.9. The number of fused-ring (bicyclic) bond motifs is 1. The van der Waals surface area contributed by atoms with Gasteiger partial charge in [-0.2, -0.15) is 0 Å². The van der Waals surface area contributed by atoms with Gasteiger partial charge in [0.1, 0.15) is 5.82 Å². The van der Waals surface area contributed by atoms with Gasteiger partial charge in [-0.15, -0.1) is 0 Å². The molecule has 1 aliphatic rings. The van der Waals surface area contributed by atoms with Crippen molar-refractivity contribution in [3.63, 3.8) is 0 Å². The highest BCUT2D eigenvalue weighted by molar-refractivity contribution is 7.93. The average Bonchev–Trinajstić information content (AvgIpc) is 3.06. The summed E-state index contributed by atoms with van der Waals surface area (Å²) in [4.78, 5) is 33.6. The molecule has 0 atom stereocenters. The first-order chi connectivity index (χ1) is 13.8. The average molecular weight is 412 g/mol. The fraction of sp³-hybridized carbons (Fsp3) is 0.250. The van der Waals surface area contributed by atoms with Crippen molar-refractivity contribution in [2.45, 2.75) is 13.0 Å². The van der Waals surface area contributed by atoms with E-state index in [-0.39, 0.29) is 23.8 Å². The van der Waals surface area contributed by atoms with Gasteiger partial charge in [0.25, 0.3) is 11.5 Å². The molecule has 1 fully saturated rings. The van der Waals surface area contributed by atoms with E-state index < -0.39 is 10.0 Å². The number of aromatic amines is 1. The van der Waals surface area contributed by atoms with Crippen molar-refractivity contribution in [2.75, 3.05) is 23.7 Å². The predicted octanol–water partition coefficient (Wildman–Crippen LogP) is 1.74. The normalized spacial score (nSPS) is 15.6. The summed E-state index contributed by atoms with van der Waals surface area (Å²) in [7, 11) is -1.71. The lowest BCUT2D eigenvalue weighted by atomic mass is 10.1. The molecule has 29 heavy (non-hydrogen) atoms. The Morgan fingerprint density at radius 3 is 2.76 bits per heavy atom. The van der Waals surface area contributed by atoms with E-state index in [2.05, 4.69) is 9.97 Å². The zero-order valence-corrected chi connectivity index (χ0v) is 16.6. The van der Waals surface area contributed by atoms with Gasteiger partial charge >= 0.3 is 0 Å². The minimum atomic E-state index is -3.32. The molecule has 8 nitrogen and oxygen atoms in total. The number of hydrogen-bond donors (Lipinski definition) is 1. The fourth-order valence-electron chi connectivity index (χ4n) is 3.45. The van der Waals surface area contributed by atoms with E-state index in [0.717, 1.165) is 0 Å². The molecule has 2 heterocycles. The lowest BCUT2D eigenvalue weighted by molar-refractivity contribution is 0.0781. The lowest BCUT2D eigenvalue weighted by Gasteiger charge is -2.20. The first kappa shape index (κ1) is 19.1. The summed E-state index contributed by atoms with van der Waals surface area (Å²) < 4.78 is 25.6. The van der Waals surface area contributed by atoms with Gasteiger partial charge < -0.3 is 9.88 Å².